The average Bonchev–Trinajstić information content (AvgIpc) is 2.90. The van der Waals surface area contributed by atoms with E-state index in [4.69, 9.17) is 0 Å². The second-order valence-corrected chi connectivity index (χ2v) is 5.85. The fraction of sp³-hybridized carbons (Fsp3) is 0.400. The Morgan fingerprint density at radius 2 is 1.90 bits per heavy atom. The molecule has 0 aliphatic heterocycles. The fourth-order valence-electron chi connectivity index (χ4n) is 2.01. The van der Waals surface area contributed by atoms with Crippen LogP contribution < -0.4 is 5.32 Å². The number of halogens is 2. The number of thiazole rings is 1. The molecule has 0 aliphatic rings. The molecule has 5 heteroatoms. The van der Waals surface area contributed by atoms with Crippen LogP contribution in [0, 0.1) is 0 Å². The van der Waals surface area contributed by atoms with Gasteiger partial charge in [-0.2, -0.15) is 0 Å². The summed E-state index contributed by atoms with van der Waals surface area (Å²) in [7, 11) is 1.82. The number of benzene rings is 1. The van der Waals surface area contributed by atoms with E-state index in [1.165, 1.54) is 6.07 Å². The topological polar surface area (TPSA) is 24.9 Å². The molecule has 1 atom stereocenters. The van der Waals surface area contributed by atoms with Crippen LogP contribution in [-0.4, -0.2) is 12.0 Å². The van der Waals surface area contributed by atoms with E-state index in [2.05, 4.69) is 24.1 Å². The molecule has 1 N–H and O–H groups in total. The minimum Gasteiger partial charge on any atom is -0.307 e. The summed E-state index contributed by atoms with van der Waals surface area (Å²) < 4.78 is 25.6. The van der Waals surface area contributed by atoms with E-state index in [0.717, 1.165) is 16.3 Å². The number of nitrogens with one attached hydrogen (secondary N) is 1. The van der Waals surface area contributed by atoms with E-state index in [0.29, 0.717) is 5.92 Å². The summed E-state index contributed by atoms with van der Waals surface area (Å²) in [5.74, 6) is 0.366. The van der Waals surface area contributed by atoms with E-state index < -0.39 is 6.43 Å². The maximum Gasteiger partial charge on any atom is 0.263 e. The van der Waals surface area contributed by atoms with Crippen molar-refractivity contribution in [3.8, 4) is 0 Å². The van der Waals surface area contributed by atoms with Crippen molar-refractivity contribution in [1.82, 2.24) is 10.3 Å². The Balaban J connectivity index is 2.33. The van der Waals surface area contributed by atoms with Crippen molar-refractivity contribution in [2.75, 3.05) is 7.05 Å². The molecule has 1 heterocycles. The van der Waals surface area contributed by atoms with Crippen molar-refractivity contribution in [3.63, 3.8) is 0 Å². The number of hydrogen-bond donors (Lipinski definition) is 1. The highest BCUT2D eigenvalue weighted by atomic mass is 32.1. The Kier molecular flexibility index (Phi) is 4.83. The molecule has 0 bridgehead atoms. The Labute approximate surface area is 121 Å². The van der Waals surface area contributed by atoms with E-state index in [9.17, 15) is 8.78 Å². The van der Waals surface area contributed by atoms with E-state index in [-0.39, 0.29) is 11.6 Å². The molecule has 108 valence electrons. The molecule has 2 nitrogen and oxygen atoms in total. The van der Waals surface area contributed by atoms with Crippen molar-refractivity contribution in [2.24, 2.45) is 0 Å². The second-order valence-electron chi connectivity index (χ2n) is 4.96. The first-order valence-corrected chi connectivity index (χ1v) is 7.41. The Bertz CT molecular complexity index is 567. The van der Waals surface area contributed by atoms with Gasteiger partial charge in [-0.25, -0.2) is 13.8 Å². The van der Waals surface area contributed by atoms with Gasteiger partial charge >= 0.3 is 0 Å². The predicted molar refractivity (Wildman–Crippen MR) is 78.5 cm³/mol. The molecule has 1 unspecified atom stereocenters. The van der Waals surface area contributed by atoms with Gasteiger partial charge in [0.05, 0.1) is 11.7 Å². The molecule has 0 aliphatic carbocycles. The van der Waals surface area contributed by atoms with E-state index in [1.54, 1.807) is 23.5 Å². The molecule has 0 radical (unpaired) electrons. The molecule has 0 saturated carbocycles. The van der Waals surface area contributed by atoms with Gasteiger partial charge in [-0.1, -0.05) is 32.0 Å². The number of hydrogen-bond acceptors (Lipinski definition) is 3. The summed E-state index contributed by atoms with van der Waals surface area (Å²) in [6, 6.07) is 6.36. The van der Waals surface area contributed by atoms with Gasteiger partial charge in [0.2, 0.25) is 0 Å². The van der Waals surface area contributed by atoms with Crippen molar-refractivity contribution in [2.45, 2.75) is 32.2 Å². The van der Waals surface area contributed by atoms with Gasteiger partial charge in [0.1, 0.15) is 5.01 Å². The zero-order valence-electron chi connectivity index (χ0n) is 11.7. The molecule has 2 rings (SSSR count). The molecular formula is C15H18F2N2S. The smallest absolute Gasteiger partial charge is 0.263 e. The minimum absolute atomic E-state index is 0.0448. The van der Waals surface area contributed by atoms with Gasteiger partial charge in [-0.05, 0) is 24.6 Å². The number of aromatic nitrogens is 1. The van der Waals surface area contributed by atoms with Crippen LogP contribution >= 0.6 is 11.3 Å². The van der Waals surface area contributed by atoms with Crippen molar-refractivity contribution in [1.29, 1.82) is 0 Å². The van der Waals surface area contributed by atoms with Crippen LogP contribution in [-0.2, 0) is 0 Å². The summed E-state index contributed by atoms with van der Waals surface area (Å²) in [4.78, 5) is 4.60. The molecular weight excluding hydrogens is 278 g/mol. The normalized spacial score (nSPS) is 13.2. The largest absolute Gasteiger partial charge is 0.307 e. The summed E-state index contributed by atoms with van der Waals surface area (Å²) >= 11 is 1.56. The van der Waals surface area contributed by atoms with E-state index in [1.807, 2.05) is 18.5 Å². The van der Waals surface area contributed by atoms with Crippen molar-refractivity contribution < 1.29 is 8.78 Å². The molecule has 1 aromatic heterocycles. The molecule has 20 heavy (non-hydrogen) atoms. The lowest BCUT2D eigenvalue weighted by Crippen LogP contribution is -2.17. The third kappa shape index (κ3) is 3.22. The maximum absolute atomic E-state index is 12.8. The summed E-state index contributed by atoms with van der Waals surface area (Å²) in [6.45, 7) is 4.18. The van der Waals surface area contributed by atoms with Gasteiger partial charge in [-0.15, -0.1) is 11.3 Å². The van der Waals surface area contributed by atoms with Gasteiger partial charge in [0, 0.05) is 10.9 Å². The molecule has 0 spiro atoms. The van der Waals surface area contributed by atoms with Crippen LogP contribution in [0.3, 0.4) is 0 Å². The highest BCUT2D eigenvalue weighted by molar-refractivity contribution is 7.09. The molecule has 0 amide bonds. The first kappa shape index (κ1) is 15.1. The van der Waals surface area contributed by atoms with Gasteiger partial charge in [0.25, 0.3) is 6.43 Å². The number of nitrogens with zero attached hydrogens (tertiary/aromatic N) is 1. The van der Waals surface area contributed by atoms with Crippen LogP contribution in [0.4, 0.5) is 8.78 Å². The fourth-order valence-corrected chi connectivity index (χ4v) is 3.12. The van der Waals surface area contributed by atoms with Gasteiger partial charge < -0.3 is 5.32 Å². The SMILES string of the molecule is CNC(c1cccc(C(F)F)c1)c1nc(C(C)C)cs1. The molecule has 1 aromatic carbocycles. The van der Waals surface area contributed by atoms with Crippen LogP contribution in [0.25, 0.3) is 0 Å². The lowest BCUT2D eigenvalue weighted by atomic mass is 10.0. The lowest BCUT2D eigenvalue weighted by Gasteiger charge is -2.15. The summed E-state index contributed by atoms with van der Waals surface area (Å²) in [5.41, 5.74) is 1.90. The summed E-state index contributed by atoms with van der Waals surface area (Å²) in [6.07, 6.45) is -2.45. The van der Waals surface area contributed by atoms with Crippen molar-refractivity contribution in [3.05, 3.63) is 51.5 Å². The van der Waals surface area contributed by atoms with Crippen molar-refractivity contribution >= 4 is 11.3 Å². The van der Waals surface area contributed by atoms with Crippen LogP contribution in [0.5, 0.6) is 0 Å². The first-order valence-electron chi connectivity index (χ1n) is 6.53. The molecule has 0 fully saturated rings. The standard InChI is InChI=1S/C15H18F2N2S/c1-9(2)12-8-20-15(19-12)13(18-3)10-5-4-6-11(7-10)14(16)17/h4-9,13-14,18H,1-3H3. The van der Waals surface area contributed by atoms with Gasteiger partial charge in [0.15, 0.2) is 0 Å². The zero-order valence-corrected chi connectivity index (χ0v) is 12.5. The highest BCUT2D eigenvalue weighted by Crippen LogP contribution is 2.29. The quantitative estimate of drug-likeness (QED) is 0.878. The van der Waals surface area contributed by atoms with Crippen LogP contribution in [0.15, 0.2) is 29.6 Å². The lowest BCUT2D eigenvalue weighted by molar-refractivity contribution is 0.151. The Hall–Kier alpha value is -1.33. The average molecular weight is 296 g/mol. The third-order valence-electron chi connectivity index (χ3n) is 3.16. The number of rotatable bonds is 5. The summed E-state index contributed by atoms with van der Waals surface area (Å²) in [5, 5.41) is 6.09. The Morgan fingerprint density at radius 3 is 2.45 bits per heavy atom. The zero-order chi connectivity index (χ0) is 14.7. The monoisotopic (exact) mass is 296 g/mol. The van der Waals surface area contributed by atoms with Crippen LogP contribution in [0.1, 0.15) is 54.1 Å². The van der Waals surface area contributed by atoms with E-state index >= 15 is 0 Å². The maximum atomic E-state index is 12.8. The predicted octanol–water partition coefficient (Wildman–Crippen LogP) is 4.51. The first-order chi connectivity index (χ1) is 9.52. The molecule has 2 aromatic rings. The highest BCUT2D eigenvalue weighted by Gasteiger charge is 2.18. The van der Waals surface area contributed by atoms with Crippen LogP contribution in [0.2, 0.25) is 0 Å². The van der Waals surface area contributed by atoms with Gasteiger partial charge in [-0.3, -0.25) is 0 Å². The Morgan fingerprint density at radius 1 is 1.20 bits per heavy atom. The number of alkyl halides is 2. The minimum atomic E-state index is -2.45. The molecule has 0 saturated heterocycles. The third-order valence-corrected chi connectivity index (χ3v) is 4.09. The second kappa shape index (κ2) is 6.41.